The smallest absolute Gasteiger partial charge is 0.243 e. The Morgan fingerprint density at radius 2 is 1.77 bits per heavy atom. The Morgan fingerprint density at radius 3 is 2.55 bits per heavy atom. The molecule has 3 aromatic rings. The first-order chi connectivity index (χ1) is 10.8. The molecule has 0 saturated carbocycles. The second-order valence-corrected chi connectivity index (χ2v) is 5.72. The third-order valence-electron chi connectivity index (χ3n) is 4.21. The fourth-order valence-electron chi connectivity index (χ4n) is 3.01. The number of rotatable bonds is 2. The number of benzene rings is 2. The van der Waals surface area contributed by atoms with Crippen molar-refractivity contribution in [3.63, 3.8) is 0 Å². The van der Waals surface area contributed by atoms with E-state index in [1.165, 1.54) is 16.7 Å². The van der Waals surface area contributed by atoms with Gasteiger partial charge in [0.15, 0.2) is 0 Å². The monoisotopic (exact) mass is 291 g/mol. The maximum Gasteiger partial charge on any atom is 0.243 e. The lowest BCUT2D eigenvalue weighted by atomic mass is 9.93. The van der Waals surface area contributed by atoms with E-state index in [4.69, 9.17) is 0 Å². The van der Waals surface area contributed by atoms with E-state index in [1.54, 1.807) is 0 Å². The number of aryl methyl sites for hydroxylation is 1. The molecule has 4 rings (SSSR count). The SMILES string of the molecule is Cc1ccc([C@@H]2C[C@H](c3ccccc3)n3nnnc3N2)cc1. The average Bonchev–Trinajstić information content (AvgIpc) is 3.04. The molecule has 1 aliphatic heterocycles. The van der Waals surface area contributed by atoms with Crippen LogP contribution in [0.1, 0.15) is 35.2 Å². The maximum absolute atomic E-state index is 4.15. The molecule has 2 atom stereocenters. The van der Waals surface area contributed by atoms with Gasteiger partial charge in [-0.2, -0.15) is 0 Å². The van der Waals surface area contributed by atoms with Gasteiger partial charge in [-0.1, -0.05) is 65.3 Å². The van der Waals surface area contributed by atoms with Crippen molar-refractivity contribution in [3.05, 3.63) is 71.3 Å². The van der Waals surface area contributed by atoms with E-state index in [9.17, 15) is 0 Å². The summed E-state index contributed by atoms with van der Waals surface area (Å²) in [5.74, 6) is 0.727. The summed E-state index contributed by atoms with van der Waals surface area (Å²) < 4.78 is 1.88. The van der Waals surface area contributed by atoms with Gasteiger partial charge in [-0.25, -0.2) is 4.68 Å². The molecule has 0 saturated heterocycles. The molecule has 0 radical (unpaired) electrons. The van der Waals surface area contributed by atoms with E-state index < -0.39 is 0 Å². The van der Waals surface area contributed by atoms with E-state index >= 15 is 0 Å². The number of anilines is 1. The van der Waals surface area contributed by atoms with E-state index in [0.717, 1.165) is 12.4 Å². The molecule has 22 heavy (non-hydrogen) atoms. The van der Waals surface area contributed by atoms with Crippen LogP contribution in [0.2, 0.25) is 0 Å². The van der Waals surface area contributed by atoms with Crippen molar-refractivity contribution >= 4 is 5.95 Å². The fourth-order valence-corrected chi connectivity index (χ4v) is 3.01. The normalized spacial score (nSPS) is 20.2. The van der Waals surface area contributed by atoms with Crippen LogP contribution in [-0.2, 0) is 0 Å². The third kappa shape index (κ3) is 2.24. The Morgan fingerprint density at radius 1 is 1.00 bits per heavy atom. The highest BCUT2D eigenvalue weighted by Crippen LogP contribution is 2.36. The summed E-state index contributed by atoms with van der Waals surface area (Å²) in [4.78, 5) is 0. The van der Waals surface area contributed by atoms with Crippen LogP contribution in [0.5, 0.6) is 0 Å². The Hall–Kier alpha value is -2.69. The molecule has 110 valence electrons. The van der Waals surface area contributed by atoms with Gasteiger partial charge in [0.1, 0.15) is 0 Å². The Balaban J connectivity index is 1.72. The van der Waals surface area contributed by atoms with E-state index in [2.05, 4.69) is 76.3 Å². The van der Waals surface area contributed by atoms with Gasteiger partial charge >= 0.3 is 0 Å². The topological polar surface area (TPSA) is 55.6 Å². The van der Waals surface area contributed by atoms with E-state index in [-0.39, 0.29) is 12.1 Å². The molecule has 2 heterocycles. The van der Waals surface area contributed by atoms with Crippen LogP contribution < -0.4 is 5.32 Å². The molecule has 0 fully saturated rings. The zero-order valence-electron chi connectivity index (χ0n) is 12.3. The number of fused-ring (bicyclic) bond motifs is 1. The summed E-state index contributed by atoms with van der Waals surface area (Å²) >= 11 is 0. The highest BCUT2D eigenvalue weighted by molar-refractivity contribution is 5.38. The van der Waals surface area contributed by atoms with Crippen LogP contribution in [0.3, 0.4) is 0 Å². The predicted octanol–water partition coefficient (Wildman–Crippen LogP) is 3.13. The lowest BCUT2D eigenvalue weighted by Gasteiger charge is -2.31. The summed E-state index contributed by atoms with van der Waals surface area (Å²) in [6, 6.07) is 19.4. The molecule has 0 bridgehead atoms. The van der Waals surface area contributed by atoms with Gasteiger partial charge in [-0.3, -0.25) is 0 Å². The van der Waals surface area contributed by atoms with Crippen LogP contribution in [-0.4, -0.2) is 20.2 Å². The molecule has 0 unspecified atom stereocenters. The number of nitrogens with one attached hydrogen (secondary N) is 1. The second-order valence-electron chi connectivity index (χ2n) is 5.72. The summed E-state index contributed by atoms with van der Waals surface area (Å²) in [6.07, 6.45) is 0.922. The lowest BCUT2D eigenvalue weighted by molar-refractivity contribution is 0.424. The highest BCUT2D eigenvalue weighted by Gasteiger charge is 2.30. The second kappa shape index (κ2) is 5.26. The molecule has 0 spiro atoms. The number of tetrazole rings is 1. The van der Waals surface area contributed by atoms with Gasteiger partial charge in [0, 0.05) is 0 Å². The molecule has 5 nitrogen and oxygen atoms in total. The molecule has 1 aliphatic rings. The minimum Gasteiger partial charge on any atom is -0.346 e. The van der Waals surface area contributed by atoms with Crippen molar-refractivity contribution in [2.45, 2.75) is 25.4 Å². The van der Waals surface area contributed by atoms with E-state index in [1.807, 2.05) is 10.7 Å². The standard InChI is InChI=1S/C17H17N5/c1-12-7-9-13(10-8-12)15-11-16(14-5-3-2-4-6-14)22-17(18-15)19-20-21-22/h2-10,15-16H,11H2,1H3,(H,18,19,21)/t15-,16+/m0/s1. The molecule has 0 amide bonds. The Labute approximate surface area is 129 Å². The van der Waals surface area contributed by atoms with Gasteiger partial charge in [0.25, 0.3) is 0 Å². The molecule has 1 N–H and O–H groups in total. The van der Waals surface area contributed by atoms with Crippen LogP contribution in [0, 0.1) is 6.92 Å². The highest BCUT2D eigenvalue weighted by atomic mass is 15.6. The first kappa shape index (κ1) is 13.0. The maximum atomic E-state index is 4.15. The summed E-state index contributed by atoms with van der Waals surface area (Å²) in [5.41, 5.74) is 3.76. The predicted molar refractivity (Wildman–Crippen MR) is 84.6 cm³/mol. The molecular weight excluding hydrogens is 274 g/mol. The fraction of sp³-hybridized carbons (Fsp3) is 0.235. The van der Waals surface area contributed by atoms with Gasteiger partial charge < -0.3 is 5.32 Å². The number of nitrogens with zero attached hydrogens (tertiary/aromatic N) is 4. The molecule has 2 aromatic carbocycles. The lowest BCUT2D eigenvalue weighted by Crippen LogP contribution is -2.28. The zero-order valence-corrected chi connectivity index (χ0v) is 12.3. The van der Waals surface area contributed by atoms with Gasteiger partial charge in [-0.05, 0) is 34.9 Å². The Bertz CT molecular complexity index is 763. The first-order valence-corrected chi connectivity index (χ1v) is 7.47. The minimum atomic E-state index is 0.152. The molecule has 0 aliphatic carbocycles. The first-order valence-electron chi connectivity index (χ1n) is 7.47. The average molecular weight is 291 g/mol. The van der Waals surface area contributed by atoms with E-state index in [0.29, 0.717) is 0 Å². The Kier molecular flexibility index (Phi) is 3.11. The van der Waals surface area contributed by atoms with Crippen molar-refractivity contribution in [2.75, 3.05) is 5.32 Å². The van der Waals surface area contributed by atoms with Crippen molar-refractivity contribution in [2.24, 2.45) is 0 Å². The van der Waals surface area contributed by atoms with Crippen LogP contribution in [0.15, 0.2) is 54.6 Å². The van der Waals surface area contributed by atoms with Gasteiger partial charge in [0.05, 0.1) is 12.1 Å². The summed E-state index contributed by atoms with van der Waals surface area (Å²) in [7, 11) is 0. The quantitative estimate of drug-likeness (QED) is 0.788. The largest absolute Gasteiger partial charge is 0.346 e. The van der Waals surface area contributed by atoms with Crippen molar-refractivity contribution in [3.8, 4) is 0 Å². The van der Waals surface area contributed by atoms with Crippen molar-refractivity contribution < 1.29 is 0 Å². The third-order valence-corrected chi connectivity index (χ3v) is 4.21. The molecule has 1 aromatic heterocycles. The van der Waals surface area contributed by atoms with Gasteiger partial charge in [0.2, 0.25) is 5.95 Å². The van der Waals surface area contributed by atoms with Crippen molar-refractivity contribution in [1.82, 2.24) is 20.2 Å². The van der Waals surface area contributed by atoms with Crippen LogP contribution in [0.25, 0.3) is 0 Å². The van der Waals surface area contributed by atoms with Crippen molar-refractivity contribution in [1.29, 1.82) is 0 Å². The minimum absolute atomic E-state index is 0.152. The zero-order chi connectivity index (χ0) is 14.9. The van der Waals surface area contributed by atoms with Crippen LogP contribution >= 0.6 is 0 Å². The number of aromatic nitrogens is 4. The number of hydrogen-bond donors (Lipinski definition) is 1. The van der Waals surface area contributed by atoms with Crippen LogP contribution in [0.4, 0.5) is 5.95 Å². The van der Waals surface area contributed by atoms with Gasteiger partial charge in [-0.15, -0.1) is 0 Å². The molecule has 5 heteroatoms. The molecular formula is C17H17N5. The summed E-state index contributed by atoms with van der Waals surface area (Å²) in [5, 5.41) is 15.5. The summed E-state index contributed by atoms with van der Waals surface area (Å²) in [6.45, 7) is 2.10. The number of hydrogen-bond acceptors (Lipinski definition) is 4.